The maximum absolute atomic E-state index is 11.8. The van der Waals surface area contributed by atoms with E-state index in [0.29, 0.717) is 18.0 Å². The number of aromatic nitrogens is 2. The number of hydrogen-bond acceptors (Lipinski definition) is 2. The van der Waals surface area contributed by atoms with Crippen LogP contribution < -0.4 is 9.99 Å². The molecule has 1 aromatic heterocycles. The number of aryl methyl sites for hydroxylation is 1. The summed E-state index contributed by atoms with van der Waals surface area (Å²) in [6.45, 7) is 0.590. The van der Waals surface area contributed by atoms with Gasteiger partial charge in [-0.25, -0.2) is 15.0 Å². The molecule has 0 saturated carbocycles. The number of hydrogen-bond donors (Lipinski definition) is 2. The second-order valence-electron chi connectivity index (χ2n) is 5.08. The molecule has 0 saturated heterocycles. The van der Waals surface area contributed by atoms with Crippen molar-refractivity contribution < 1.29 is 9.36 Å². The molecule has 2 aromatic carbocycles. The molecule has 1 heterocycles. The van der Waals surface area contributed by atoms with Gasteiger partial charge in [0.1, 0.15) is 0 Å². The van der Waals surface area contributed by atoms with Crippen LogP contribution in [0.15, 0.2) is 60.0 Å². The van der Waals surface area contributed by atoms with E-state index in [2.05, 4.69) is 15.5 Å². The molecule has 0 radical (unpaired) electrons. The van der Waals surface area contributed by atoms with Crippen LogP contribution in [-0.4, -0.2) is 17.1 Å². The number of carbonyl (C=O) groups is 1. The monoisotopic (exact) mass is 327 g/mol. The first-order chi connectivity index (χ1) is 11.2. The lowest BCUT2D eigenvalue weighted by Gasteiger charge is -1.99. The Morgan fingerprint density at radius 1 is 1.22 bits per heavy atom. The van der Waals surface area contributed by atoms with Crippen LogP contribution in [0.25, 0.3) is 11.0 Å². The average molecular weight is 328 g/mol. The topological polar surface area (TPSA) is 61.1 Å². The van der Waals surface area contributed by atoms with E-state index in [0.717, 1.165) is 16.6 Å². The second-order valence-corrected chi connectivity index (χ2v) is 5.52. The van der Waals surface area contributed by atoms with Crippen LogP contribution in [0.2, 0.25) is 5.02 Å². The summed E-state index contributed by atoms with van der Waals surface area (Å²) < 4.78 is 2.01. The summed E-state index contributed by atoms with van der Waals surface area (Å²) in [6.07, 6.45) is 3.81. The molecule has 5 nitrogen and oxygen atoms in total. The third-order valence-corrected chi connectivity index (χ3v) is 3.69. The molecule has 0 atom stereocenters. The summed E-state index contributed by atoms with van der Waals surface area (Å²) in [7, 11) is 0. The summed E-state index contributed by atoms with van der Waals surface area (Å²) in [5.41, 5.74) is 5.53. The quantitative estimate of drug-likeness (QED) is 0.422. The summed E-state index contributed by atoms with van der Waals surface area (Å²) in [4.78, 5) is 15.0. The van der Waals surface area contributed by atoms with Gasteiger partial charge in [0.25, 0.3) is 0 Å². The molecule has 3 aromatic rings. The van der Waals surface area contributed by atoms with E-state index < -0.39 is 0 Å². The van der Waals surface area contributed by atoms with Crippen molar-refractivity contribution in [2.45, 2.75) is 13.0 Å². The standard InChI is InChI=1S/C17H15ClN4O/c18-14-7-5-13(6-8-14)11-20-21-17(23)9-10-22-12-19-15-3-1-2-4-16(15)22/h1-8,11-12H,9-10H2,(H,21,23)/p+1. The van der Waals surface area contributed by atoms with E-state index in [-0.39, 0.29) is 5.91 Å². The van der Waals surface area contributed by atoms with Gasteiger partial charge in [0.05, 0.1) is 19.2 Å². The molecule has 0 aliphatic heterocycles. The molecule has 0 fully saturated rings. The Kier molecular flexibility index (Phi) is 4.68. The van der Waals surface area contributed by atoms with Crippen LogP contribution in [-0.2, 0) is 11.3 Å². The average Bonchev–Trinajstić information content (AvgIpc) is 2.98. The van der Waals surface area contributed by atoms with Crippen LogP contribution >= 0.6 is 11.6 Å². The molecular formula is C17H16ClN4O+. The zero-order valence-corrected chi connectivity index (χ0v) is 13.1. The largest absolute Gasteiger partial charge is 0.273 e. The predicted molar refractivity (Wildman–Crippen MR) is 90.3 cm³/mol. The fourth-order valence-electron chi connectivity index (χ4n) is 2.25. The minimum Gasteiger partial charge on any atom is -0.273 e. The number of carbonyl (C=O) groups excluding carboxylic acids is 1. The fraction of sp³-hybridized carbons (Fsp3) is 0.118. The number of fused-ring (bicyclic) bond motifs is 1. The number of rotatable bonds is 5. The van der Waals surface area contributed by atoms with Gasteiger partial charge < -0.3 is 0 Å². The van der Waals surface area contributed by atoms with Gasteiger partial charge in [-0.2, -0.15) is 5.10 Å². The summed E-state index contributed by atoms with van der Waals surface area (Å²) in [5, 5.41) is 4.62. The van der Waals surface area contributed by atoms with E-state index in [9.17, 15) is 4.79 Å². The van der Waals surface area contributed by atoms with Gasteiger partial charge in [-0.1, -0.05) is 35.9 Å². The maximum atomic E-state index is 11.8. The number of benzene rings is 2. The number of H-pyrrole nitrogens is 1. The van der Waals surface area contributed by atoms with Crippen molar-refractivity contribution in [2.75, 3.05) is 0 Å². The first-order valence-corrected chi connectivity index (χ1v) is 7.63. The minimum absolute atomic E-state index is 0.131. The number of nitrogens with one attached hydrogen (secondary N) is 2. The SMILES string of the molecule is O=C(CC[n+]1c[nH]c2ccccc21)NN=Cc1ccc(Cl)cc1. The van der Waals surface area contributed by atoms with E-state index >= 15 is 0 Å². The Hall–Kier alpha value is -2.66. The molecule has 0 aliphatic rings. The second kappa shape index (κ2) is 7.07. The Balaban J connectivity index is 1.52. The van der Waals surface area contributed by atoms with Gasteiger partial charge in [-0.05, 0) is 29.8 Å². The molecule has 0 spiro atoms. The van der Waals surface area contributed by atoms with Gasteiger partial charge in [0, 0.05) is 5.02 Å². The van der Waals surface area contributed by atoms with Crippen molar-refractivity contribution in [3.8, 4) is 0 Å². The maximum Gasteiger partial charge on any atom is 0.244 e. The van der Waals surface area contributed by atoms with Gasteiger partial charge in [0.15, 0.2) is 11.0 Å². The Labute approximate surface area is 138 Å². The number of hydrazone groups is 1. The smallest absolute Gasteiger partial charge is 0.244 e. The summed E-state index contributed by atoms with van der Waals surface area (Å²) in [6, 6.07) is 15.2. The minimum atomic E-state index is -0.131. The normalized spacial score (nSPS) is 11.2. The number of imidazole rings is 1. The third-order valence-electron chi connectivity index (χ3n) is 3.44. The van der Waals surface area contributed by atoms with E-state index in [1.807, 2.05) is 47.3 Å². The first-order valence-electron chi connectivity index (χ1n) is 7.25. The Morgan fingerprint density at radius 3 is 2.83 bits per heavy atom. The number of nitrogens with zero attached hydrogens (tertiary/aromatic N) is 2. The van der Waals surface area contributed by atoms with E-state index in [1.54, 1.807) is 18.3 Å². The van der Waals surface area contributed by atoms with Crippen LogP contribution in [0.4, 0.5) is 0 Å². The van der Waals surface area contributed by atoms with Crippen molar-refractivity contribution in [3.05, 3.63) is 65.4 Å². The molecular weight excluding hydrogens is 312 g/mol. The fourth-order valence-corrected chi connectivity index (χ4v) is 2.38. The lowest BCUT2D eigenvalue weighted by atomic mass is 10.2. The zero-order chi connectivity index (χ0) is 16.1. The van der Waals surface area contributed by atoms with Gasteiger partial charge in [-0.15, -0.1) is 0 Å². The number of halogens is 1. The summed E-state index contributed by atoms with van der Waals surface area (Å²) in [5.74, 6) is -0.131. The molecule has 23 heavy (non-hydrogen) atoms. The van der Waals surface area contributed by atoms with E-state index in [1.165, 1.54) is 0 Å². The lowest BCUT2D eigenvalue weighted by Crippen LogP contribution is -2.34. The molecule has 3 rings (SSSR count). The van der Waals surface area contributed by atoms with Crippen LogP contribution in [0.5, 0.6) is 0 Å². The Bertz CT molecular complexity index is 839. The van der Waals surface area contributed by atoms with Gasteiger partial charge >= 0.3 is 0 Å². The molecule has 0 unspecified atom stereocenters. The van der Waals surface area contributed by atoms with Crippen molar-refractivity contribution in [1.82, 2.24) is 10.4 Å². The highest BCUT2D eigenvalue weighted by molar-refractivity contribution is 6.30. The molecule has 0 bridgehead atoms. The molecule has 6 heteroatoms. The predicted octanol–water partition coefficient (Wildman–Crippen LogP) is 2.65. The molecule has 116 valence electrons. The van der Waals surface area contributed by atoms with E-state index in [4.69, 9.17) is 11.6 Å². The van der Waals surface area contributed by atoms with Crippen LogP contribution in [0, 0.1) is 0 Å². The van der Waals surface area contributed by atoms with Crippen LogP contribution in [0.3, 0.4) is 0 Å². The van der Waals surface area contributed by atoms with Gasteiger partial charge in [-0.3, -0.25) is 4.79 Å². The highest BCUT2D eigenvalue weighted by Crippen LogP contribution is 2.08. The third kappa shape index (κ3) is 3.96. The van der Waals surface area contributed by atoms with Crippen molar-refractivity contribution in [2.24, 2.45) is 5.10 Å². The molecule has 0 aliphatic carbocycles. The zero-order valence-electron chi connectivity index (χ0n) is 12.4. The number of amides is 1. The first kappa shape index (κ1) is 15.2. The van der Waals surface area contributed by atoms with Gasteiger partial charge in [0.2, 0.25) is 12.2 Å². The molecule has 2 N–H and O–H groups in total. The van der Waals surface area contributed by atoms with Crippen molar-refractivity contribution >= 4 is 34.8 Å². The molecule has 1 amide bonds. The van der Waals surface area contributed by atoms with Crippen molar-refractivity contribution in [1.29, 1.82) is 0 Å². The highest BCUT2D eigenvalue weighted by atomic mass is 35.5. The van der Waals surface area contributed by atoms with Crippen molar-refractivity contribution in [3.63, 3.8) is 0 Å². The Morgan fingerprint density at radius 2 is 2.00 bits per heavy atom. The van der Waals surface area contributed by atoms with Crippen LogP contribution in [0.1, 0.15) is 12.0 Å². The lowest BCUT2D eigenvalue weighted by molar-refractivity contribution is -0.670. The number of para-hydroxylation sites is 2. The highest BCUT2D eigenvalue weighted by Gasteiger charge is 2.10. The summed E-state index contributed by atoms with van der Waals surface area (Å²) >= 11 is 5.81. The number of aromatic amines is 1.